The molecule has 148 valence electrons. The number of hydrogen-bond donors (Lipinski definition) is 2. The van der Waals surface area contributed by atoms with E-state index in [1.165, 1.54) is 0 Å². The summed E-state index contributed by atoms with van der Waals surface area (Å²) < 4.78 is 28.7. The summed E-state index contributed by atoms with van der Waals surface area (Å²) in [5, 5.41) is 11.8. The zero-order chi connectivity index (χ0) is 19.4. The highest BCUT2D eigenvalue weighted by molar-refractivity contribution is 7.91. The summed E-state index contributed by atoms with van der Waals surface area (Å²) in [7, 11) is -3.10. The average molecular weight is 396 g/mol. The zero-order valence-electron chi connectivity index (χ0n) is 15.0. The second-order valence-corrected chi connectivity index (χ2v) is 9.09. The van der Waals surface area contributed by atoms with Gasteiger partial charge in [-0.25, -0.2) is 13.2 Å². The average Bonchev–Trinajstić information content (AvgIpc) is 3.41. The number of anilines is 1. The number of aliphatic hydroxyl groups excluding tert-OH is 1. The van der Waals surface area contributed by atoms with Crippen molar-refractivity contribution < 1.29 is 27.9 Å². The number of esters is 1. The predicted molar refractivity (Wildman–Crippen MR) is 99.2 cm³/mol. The van der Waals surface area contributed by atoms with Crippen LogP contribution in [0.3, 0.4) is 0 Å². The summed E-state index contributed by atoms with van der Waals surface area (Å²) in [5.74, 6) is -0.914. The van der Waals surface area contributed by atoms with Crippen molar-refractivity contribution in [3.63, 3.8) is 0 Å². The van der Waals surface area contributed by atoms with Gasteiger partial charge < -0.3 is 20.1 Å². The highest BCUT2D eigenvalue weighted by atomic mass is 32.2. The van der Waals surface area contributed by atoms with Crippen molar-refractivity contribution in [2.75, 3.05) is 36.6 Å². The van der Waals surface area contributed by atoms with Gasteiger partial charge in [0.05, 0.1) is 23.7 Å². The molecule has 1 aliphatic heterocycles. The third-order valence-corrected chi connectivity index (χ3v) is 6.48. The highest BCUT2D eigenvalue weighted by Crippen LogP contribution is 2.32. The monoisotopic (exact) mass is 396 g/mol. The molecule has 2 fully saturated rings. The third-order valence-electron chi connectivity index (χ3n) is 4.73. The van der Waals surface area contributed by atoms with Crippen LogP contribution in [-0.4, -0.2) is 73.6 Å². The summed E-state index contributed by atoms with van der Waals surface area (Å²) in [6.45, 7) is -0.211. The second kappa shape index (κ2) is 8.26. The molecule has 27 heavy (non-hydrogen) atoms. The fraction of sp³-hybridized carbons (Fsp3) is 0.556. The van der Waals surface area contributed by atoms with E-state index in [9.17, 15) is 18.0 Å². The van der Waals surface area contributed by atoms with Gasteiger partial charge >= 0.3 is 5.97 Å². The SMILES string of the molecule is O=C(OCC(=O)N(C1CC1)[C@H]1CCS(=O)(=O)C1)c1ccccc1NCCO. The van der Waals surface area contributed by atoms with E-state index in [1.807, 2.05) is 0 Å². The van der Waals surface area contributed by atoms with Crippen molar-refractivity contribution in [3.05, 3.63) is 29.8 Å². The lowest BCUT2D eigenvalue weighted by atomic mass is 10.2. The van der Waals surface area contributed by atoms with Crippen LogP contribution in [0, 0.1) is 0 Å². The Bertz CT molecular complexity index is 806. The predicted octanol–water partition coefficient (Wildman–Crippen LogP) is 0.426. The maximum absolute atomic E-state index is 12.6. The number of para-hydroxylation sites is 1. The Morgan fingerprint density at radius 3 is 2.56 bits per heavy atom. The van der Waals surface area contributed by atoms with E-state index in [-0.39, 0.29) is 48.2 Å². The largest absolute Gasteiger partial charge is 0.452 e. The number of nitrogens with one attached hydrogen (secondary N) is 1. The molecular weight excluding hydrogens is 372 g/mol. The maximum atomic E-state index is 12.6. The zero-order valence-corrected chi connectivity index (χ0v) is 15.8. The van der Waals surface area contributed by atoms with Crippen LogP contribution in [0.5, 0.6) is 0 Å². The van der Waals surface area contributed by atoms with Gasteiger partial charge in [0.15, 0.2) is 16.4 Å². The molecule has 9 heteroatoms. The van der Waals surface area contributed by atoms with Gasteiger partial charge in [-0.15, -0.1) is 0 Å². The molecular formula is C18H24N2O6S. The van der Waals surface area contributed by atoms with Gasteiger partial charge in [0, 0.05) is 24.3 Å². The lowest BCUT2D eigenvalue weighted by Gasteiger charge is -2.28. The van der Waals surface area contributed by atoms with Crippen LogP contribution in [0.25, 0.3) is 0 Å². The molecule has 1 amide bonds. The van der Waals surface area contributed by atoms with Crippen molar-refractivity contribution in [1.29, 1.82) is 0 Å². The Morgan fingerprint density at radius 1 is 1.19 bits per heavy atom. The van der Waals surface area contributed by atoms with Gasteiger partial charge in [-0.05, 0) is 31.4 Å². The summed E-state index contributed by atoms with van der Waals surface area (Å²) in [4.78, 5) is 26.6. The number of aliphatic hydroxyl groups is 1. The molecule has 1 aromatic carbocycles. The van der Waals surface area contributed by atoms with Crippen LogP contribution in [0.1, 0.15) is 29.6 Å². The minimum atomic E-state index is -3.10. The molecule has 2 aliphatic rings. The standard InChI is InChI=1S/C18H24N2O6S/c21-9-8-19-16-4-2-1-3-15(16)18(23)26-11-17(22)20(13-5-6-13)14-7-10-27(24,25)12-14/h1-4,13-14,19,21H,5-12H2/t14-/m0/s1. The first-order valence-corrected chi connectivity index (χ1v) is 10.9. The molecule has 1 aromatic rings. The van der Waals surface area contributed by atoms with Crippen LogP contribution < -0.4 is 5.32 Å². The number of sulfone groups is 1. The maximum Gasteiger partial charge on any atom is 0.340 e. The molecule has 0 spiro atoms. The van der Waals surface area contributed by atoms with Crippen molar-refractivity contribution in [1.82, 2.24) is 4.90 Å². The molecule has 1 saturated heterocycles. The Kier molecular flexibility index (Phi) is 6.01. The molecule has 0 aromatic heterocycles. The minimum absolute atomic E-state index is 0.0168. The molecule has 0 bridgehead atoms. The van der Waals surface area contributed by atoms with Gasteiger partial charge in [0.2, 0.25) is 0 Å². The van der Waals surface area contributed by atoms with Crippen LogP contribution in [0.15, 0.2) is 24.3 Å². The topological polar surface area (TPSA) is 113 Å². The van der Waals surface area contributed by atoms with Gasteiger partial charge in [-0.2, -0.15) is 0 Å². The van der Waals surface area contributed by atoms with E-state index in [4.69, 9.17) is 9.84 Å². The number of carbonyl (C=O) groups excluding carboxylic acids is 2. The molecule has 1 saturated carbocycles. The summed E-state index contributed by atoms with van der Waals surface area (Å²) in [6, 6.07) is 6.42. The van der Waals surface area contributed by atoms with Crippen LogP contribution in [-0.2, 0) is 19.4 Å². The third kappa shape index (κ3) is 4.98. The first-order chi connectivity index (χ1) is 12.9. The Balaban J connectivity index is 1.62. The molecule has 1 heterocycles. The van der Waals surface area contributed by atoms with E-state index in [2.05, 4.69) is 5.32 Å². The quantitative estimate of drug-likeness (QED) is 0.613. The molecule has 0 unspecified atom stereocenters. The van der Waals surface area contributed by atoms with E-state index in [0.29, 0.717) is 12.1 Å². The summed E-state index contributed by atoms with van der Waals surface area (Å²) in [6.07, 6.45) is 2.14. The number of amides is 1. The molecule has 1 aliphatic carbocycles. The first-order valence-electron chi connectivity index (χ1n) is 9.04. The number of rotatable bonds is 8. The minimum Gasteiger partial charge on any atom is -0.452 e. The normalized spacial score (nSPS) is 20.9. The number of ether oxygens (including phenoxy) is 1. The van der Waals surface area contributed by atoms with E-state index in [1.54, 1.807) is 29.2 Å². The molecule has 2 N–H and O–H groups in total. The van der Waals surface area contributed by atoms with Crippen molar-refractivity contribution >= 4 is 27.4 Å². The Hall–Kier alpha value is -2.13. The number of benzene rings is 1. The fourth-order valence-corrected chi connectivity index (χ4v) is 5.05. The lowest BCUT2D eigenvalue weighted by Crippen LogP contribution is -2.44. The second-order valence-electron chi connectivity index (χ2n) is 6.86. The van der Waals surface area contributed by atoms with E-state index in [0.717, 1.165) is 12.8 Å². The van der Waals surface area contributed by atoms with Gasteiger partial charge in [0.25, 0.3) is 5.91 Å². The molecule has 8 nitrogen and oxygen atoms in total. The molecule has 0 radical (unpaired) electrons. The summed E-state index contributed by atoms with van der Waals surface area (Å²) >= 11 is 0. The van der Waals surface area contributed by atoms with Crippen LogP contribution >= 0.6 is 0 Å². The van der Waals surface area contributed by atoms with Crippen molar-refractivity contribution in [2.24, 2.45) is 0 Å². The first kappa shape index (κ1) is 19.6. The van der Waals surface area contributed by atoms with Gasteiger partial charge in [-0.1, -0.05) is 12.1 Å². The fourth-order valence-electron chi connectivity index (χ4n) is 3.34. The van der Waals surface area contributed by atoms with Crippen LogP contribution in [0.4, 0.5) is 5.69 Å². The number of hydrogen-bond acceptors (Lipinski definition) is 7. The van der Waals surface area contributed by atoms with Crippen molar-refractivity contribution in [2.45, 2.75) is 31.3 Å². The Morgan fingerprint density at radius 2 is 1.93 bits per heavy atom. The Labute approximate surface area is 158 Å². The number of carbonyl (C=O) groups is 2. The lowest BCUT2D eigenvalue weighted by molar-refractivity contribution is -0.137. The molecule has 1 atom stereocenters. The molecule has 3 rings (SSSR count). The van der Waals surface area contributed by atoms with Gasteiger partial charge in [-0.3, -0.25) is 4.79 Å². The van der Waals surface area contributed by atoms with Crippen molar-refractivity contribution in [3.8, 4) is 0 Å². The smallest absolute Gasteiger partial charge is 0.340 e. The van der Waals surface area contributed by atoms with E-state index < -0.39 is 22.4 Å². The van der Waals surface area contributed by atoms with E-state index >= 15 is 0 Å². The van der Waals surface area contributed by atoms with Crippen LogP contribution in [0.2, 0.25) is 0 Å². The highest BCUT2D eigenvalue weighted by Gasteiger charge is 2.42. The van der Waals surface area contributed by atoms with Gasteiger partial charge in [0.1, 0.15) is 0 Å². The summed E-state index contributed by atoms with van der Waals surface area (Å²) in [5.41, 5.74) is 0.796. The number of nitrogens with zero attached hydrogens (tertiary/aromatic N) is 1.